The summed E-state index contributed by atoms with van der Waals surface area (Å²) in [6.07, 6.45) is 8.05. The Morgan fingerprint density at radius 1 is 0.660 bits per heavy atom. The van der Waals surface area contributed by atoms with Crippen molar-refractivity contribution in [1.29, 1.82) is 0 Å². The summed E-state index contributed by atoms with van der Waals surface area (Å²) in [6, 6.07) is 42.5. The van der Waals surface area contributed by atoms with Crippen molar-refractivity contribution in [2.24, 2.45) is 0 Å². The van der Waals surface area contributed by atoms with Crippen molar-refractivity contribution in [2.45, 2.75) is 51.2 Å². The Balaban J connectivity index is 1.17. The number of ether oxygens (including phenoxy) is 4. The number of hydrogen-bond acceptors (Lipinski definition) is 5. The van der Waals surface area contributed by atoms with E-state index in [4.69, 9.17) is 18.9 Å². The number of benzene rings is 5. The predicted octanol–water partition coefficient (Wildman–Crippen LogP) is 9.05. The first-order valence-corrected chi connectivity index (χ1v) is 17.6. The summed E-state index contributed by atoms with van der Waals surface area (Å²) in [5.41, 5.74) is 11.1. The van der Waals surface area contributed by atoms with Gasteiger partial charge in [-0.3, -0.25) is 0 Å². The molecule has 0 aliphatic heterocycles. The zero-order chi connectivity index (χ0) is 34.5. The van der Waals surface area contributed by atoms with Crippen molar-refractivity contribution in [3.63, 3.8) is 0 Å². The van der Waals surface area contributed by atoms with Gasteiger partial charge in [0.2, 0.25) is 0 Å². The van der Waals surface area contributed by atoms with E-state index in [-0.39, 0.29) is 12.1 Å². The van der Waals surface area contributed by atoms with E-state index < -0.39 is 6.10 Å². The molecule has 5 aromatic rings. The topological polar surface area (TPSA) is 54.0 Å². The van der Waals surface area contributed by atoms with Crippen LogP contribution in [0.1, 0.15) is 63.1 Å². The first-order chi connectivity index (χ1) is 24.6. The van der Waals surface area contributed by atoms with Crippen LogP contribution in [0.25, 0.3) is 12.2 Å². The van der Waals surface area contributed by atoms with Gasteiger partial charge >= 0.3 is 5.97 Å². The number of methoxy groups -OCH3 is 1. The maximum absolute atomic E-state index is 12.1. The van der Waals surface area contributed by atoms with E-state index >= 15 is 0 Å². The van der Waals surface area contributed by atoms with Gasteiger partial charge in [0.15, 0.2) is 6.10 Å². The lowest BCUT2D eigenvalue weighted by Gasteiger charge is -2.23. The van der Waals surface area contributed by atoms with E-state index in [2.05, 4.69) is 109 Å². The van der Waals surface area contributed by atoms with Gasteiger partial charge in [-0.15, -0.1) is 0 Å². The number of aryl methyl sites for hydroxylation is 4. The summed E-state index contributed by atoms with van der Waals surface area (Å²) in [5, 5.41) is 0. The van der Waals surface area contributed by atoms with Crippen LogP contribution in [-0.4, -0.2) is 39.0 Å². The van der Waals surface area contributed by atoms with Crippen molar-refractivity contribution in [2.75, 3.05) is 26.9 Å². The molecule has 50 heavy (non-hydrogen) atoms. The molecule has 0 radical (unpaired) electrons. The quantitative estimate of drug-likeness (QED) is 0.0777. The van der Waals surface area contributed by atoms with Crippen LogP contribution in [0.2, 0.25) is 0 Å². The third-order valence-electron chi connectivity index (χ3n) is 9.26. The van der Waals surface area contributed by atoms with Crippen molar-refractivity contribution < 1.29 is 23.7 Å². The molecule has 5 nitrogen and oxygen atoms in total. The van der Waals surface area contributed by atoms with E-state index in [1.54, 1.807) is 6.92 Å². The third-order valence-corrected chi connectivity index (χ3v) is 9.26. The molecule has 2 unspecified atom stereocenters. The van der Waals surface area contributed by atoms with Crippen molar-refractivity contribution in [3.05, 3.63) is 171 Å². The first-order valence-electron chi connectivity index (χ1n) is 17.6. The molecule has 0 heterocycles. The monoisotopic (exact) mass is 666 g/mol. The van der Waals surface area contributed by atoms with Crippen LogP contribution in [0, 0.1) is 0 Å². The van der Waals surface area contributed by atoms with E-state index in [1.807, 2.05) is 24.3 Å². The SMILES string of the molecule is CCOC(=O)C(Cc1ccc(OCCOC2c3ccc(CCc4ccccc4)cc3C=Cc3c(CCc4ccccc4)cccc32)cc1)OC. The van der Waals surface area contributed by atoms with Crippen molar-refractivity contribution in [3.8, 4) is 5.75 Å². The smallest absolute Gasteiger partial charge is 0.335 e. The Morgan fingerprint density at radius 2 is 1.34 bits per heavy atom. The number of hydrogen-bond donors (Lipinski definition) is 0. The van der Waals surface area contributed by atoms with Crippen LogP contribution in [0.4, 0.5) is 0 Å². The second-order valence-corrected chi connectivity index (χ2v) is 12.6. The predicted molar refractivity (Wildman–Crippen MR) is 200 cm³/mol. The molecule has 1 aliphatic carbocycles. The summed E-state index contributed by atoms with van der Waals surface area (Å²) in [6.45, 7) is 2.94. The second-order valence-electron chi connectivity index (χ2n) is 12.6. The fraction of sp³-hybridized carbons (Fsp3) is 0.267. The highest BCUT2D eigenvalue weighted by atomic mass is 16.6. The van der Waals surface area contributed by atoms with Crippen LogP contribution >= 0.6 is 0 Å². The minimum absolute atomic E-state index is 0.227. The van der Waals surface area contributed by atoms with Gasteiger partial charge in [-0.05, 0) is 94.8 Å². The summed E-state index contributed by atoms with van der Waals surface area (Å²) in [7, 11) is 1.52. The fourth-order valence-electron chi connectivity index (χ4n) is 6.58. The zero-order valence-corrected chi connectivity index (χ0v) is 29.1. The molecule has 0 N–H and O–H groups in total. The standard InChI is InChI=1S/C45H46O5/c1-3-48-45(46)43(47-2)32-36-20-25-39(26-21-36)49-29-30-50-44-41-27-22-35(18-17-33-11-6-4-7-12-33)31-38(41)24-28-40-37(15-10-16-42(40)44)23-19-34-13-8-5-9-14-34/h4-16,20-22,24-28,31,43-44H,3,17-19,23,29-30,32H2,1-2H3. The maximum Gasteiger partial charge on any atom is 0.335 e. The number of fused-ring (bicyclic) bond motifs is 2. The van der Waals surface area contributed by atoms with Crippen LogP contribution in [0.5, 0.6) is 5.75 Å². The highest BCUT2D eigenvalue weighted by Gasteiger charge is 2.24. The Bertz CT molecular complexity index is 1850. The molecule has 6 rings (SSSR count). The van der Waals surface area contributed by atoms with Crippen LogP contribution in [0.15, 0.2) is 121 Å². The molecule has 0 bridgehead atoms. The molecule has 1 aliphatic rings. The third kappa shape index (κ3) is 9.17. The lowest BCUT2D eigenvalue weighted by Crippen LogP contribution is -2.27. The maximum atomic E-state index is 12.1. The van der Waals surface area contributed by atoms with Gasteiger partial charge in [-0.2, -0.15) is 0 Å². The normalized spacial score (nSPS) is 13.9. The highest BCUT2D eigenvalue weighted by molar-refractivity contribution is 5.78. The number of esters is 1. The largest absolute Gasteiger partial charge is 0.491 e. The van der Waals surface area contributed by atoms with E-state index in [0.29, 0.717) is 26.2 Å². The lowest BCUT2D eigenvalue weighted by atomic mass is 9.91. The molecular weight excluding hydrogens is 620 g/mol. The summed E-state index contributed by atoms with van der Waals surface area (Å²) >= 11 is 0. The van der Waals surface area contributed by atoms with Gasteiger partial charge in [-0.1, -0.05) is 121 Å². The molecule has 2 atom stereocenters. The van der Waals surface area contributed by atoms with E-state index in [0.717, 1.165) is 37.0 Å². The fourth-order valence-corrected chi connectivity index (χ4v) is 6.58. The average Bonchev–Trinajstić information content (AvgIpc) is 3.32. The van der Waals surface area contributed by atoms with Crippen LogP contribution in [0.3, 0.4) is 0 Å². The average molecular weight is 667 g/mol. The van der Waals surface area contributed by atoms with Gasteiger partial charge in [0.25, 0.3) is 0 Å². The molecule has 5 aromatic carbocycles. The Morgan fingerprint density at radius 3 is 2.04 bits per heavy atom. The molecule has 256 valence electrons. The van der Waals surface area contributed by atoms with Gasteiger partial charge in [-0.25, -0.2) is 4.79 Å². The highest BCUT2D eigenvalue weighted by Crippen LogP contribution is 2.38. The van der Waals surface area contributed by atoms with Crippen molar-refractivity contribution in [1.82, 2.24) is 0 Å². The van der Waals surface area contributed by atoms with Crippen LogP contribution < -0.4 is 4.74 Å². The molecule has 0 saturated carbocycles. The molecular formula is C45H46O5. The Hall–Kier alpha value is -4.97. The lowest BCUT2D eigenvalue weighted by molar-refractivity contribution is -0.154. The Kier molecular flexibility index (Phi) is 12.3. The molecule has 0 amide bonds. The zero-order valence-electron chi connectivity index (χ0n) is 29.1. The van der Waals surface area contributed by atoms with Gasteiger partial charge in [0.1, 0.15) is 18.5 Å². The number of carbonyl (C=O) groups is 1. The number of rotatable bonds is 16. The van der Waals surface area contributed by atoms with Gasteiger partial charge in [0.05, 0.1) is 13.2 Å². The van der Waals surface area contributed by atoms with Gasteiger partial charge < -0.3 is 18.9 Å². The summed E-state index contributed by atoms with van der Waals surface area (Å²) < 4.78 is 23.3. The van der Waals surface area contributed by atoms with Gasteiger partial charge in [0, 0.05) is 13.5 Å². The molecule has 0 saturated heterocycles. The van der Waals surface area contributed by atoms with E-state index in [9.17, 15) is 4.79 Å². The minimum Gasteiger partial charge on any atom is -0.491 e. The molecule has 0 spiro atoms. The van der Waals surface area contributed by atoms with E-state index in [1.165, 1.54) is 51.6 Å². The summed E-state index contributed by atoms with van der Waals surface area (Å²) in [4.78, 5) is 12.1. The first kappa shape index (κ1) is 34.9. The minimum atomic E-state index is -0.631. The van der Waals surface area contributed by atoms with Crippen molar-refractivity contribution >= 4 is 18.1 Å². The second kappa shape index (κ2) is 17.6. The molecule has 0 aromatic heterocycles. The Labute approximate surface area is 296 Å². The molecule has 0 fully saturated rings. The number of carbonyl (C=O) groups excluding carboxylic acids is 1. The van der Waals surface area contributed by atoms with Crippen LogP contribution in [-0.2, 0) is 51.1 Å². The summed E-state index contributed by atoms with van der Waals surface area (Å²) in [5.74, 6) is 0.396. The molecule has 5 heteroatoms.